The Morgan fingerprint density at radius 1 is 1.09 bits per heavy atom. The van der Waals surface area contributed by atoms with Crippen LogP contribution in [0, 0.1) is 5.92 Å². The van der Waals surface area contributed by atoms with Crippen molar-refractivity contribution in [2.75, 3.05) is 19.1 Å². The molecule has 0 bridgehead atoms. The molecule has 176 valence electrons. The van der Waals surface area contributed by atoms with Crippen LogP contribution in [0.3, 0.4) is 0 Å². The Labute approximate surface area is 202 Å². The van der Waals surface area contributed by atoms with E-state index in [9.17, 15) is 4.79 Å². The summed E-state index contributed by atoms with van der Waals surface area (Å²) in [6.07, 6.45) is 2.51. The molecule has 2 heterocycles. The monoisotopic (exact) mass is 478 g/mol. The highest BCUT2D eigenvalue weighted by molar-refractivity contribution is 8.13. The number of hydrogen-bond donors (Lipinski definition) is 0. The highest BCUT2D eigenvalue weighted by Gasteiger charge is 2.32. The van der Waals surface area contributed by atoms with E-state index in [1.807, 2.05) is 42.5 Å². The van der Waals surface area contributed by atoms with Crippen molar-refractivity contribution >= 4 is 34.6 Å². The van der Waals surface area contributed by atoms with Gasteiger partial charge in [0.05, 0.1) is 25.7 Å². The predicted molar refractivity (Wildman–Crippen MR) is 133 cm³/mol. The topological polar surface area (TPSA) is 90.1 Å². The average molecular weight is 479 g/mol. The van der Waals surface area contributed by atoms with E-state index in [2.05, 4.69) is 29.0 Å². The summed E-state index contributed by atoms with van der Waals surface area (Å²) >= 11 is 1.37. The molecule has 2 aromatic carbocycles. The first-order chi connectivity index (χ1) is 16.5. The van der Waals surface area contributed by atoms with Gasteiger partial charge in [0.25, 0.3) is 5.91 Å². The molecule has 34 heavy (non-hydrogen) atoms. The maximum absolute atomic E-state index is 13.4. The standard InChI is InChI=1S/C25H26N4O4S/c1-16(2)12-22-27-23(33-28-22)15-34-25-26-21(13-17-8-10-19(31-3)11-9-17)24(30)29(25)18-6-5-7-20(14-18)32-4/h5-11,13-14,16H,12,15H2,1-4H3/b21-13-. The summed E-state index contributed by atoms with van der Waals surface area (Å²) in [5, 5.41) is 4.57. The Hall–Kier alpha value is -3.59. The number of benzene rings is 2. The van der Waals surface area contributed by atoms with Gasteiger partial charge in [0.1, 0.15) is 17.2 Å². The van der Waals surface area contributed by atoms with Gasteiger partial charge in [0, 0.05) is 12.5 Å². The molecule has 1 aromatic heterocycles. The number of methoxy groups -OCH3 is 2. The number of aromatic nitrogens is 2. The lowest BCUT2D eigenvalue weighted by Gasteiger charge is -2.18. The van der Waals surface area contributed by atoms with Gasteiger partial charge >= 0.3 is 0 Å². The number of amidine groups is 1. The van der Waals surface area contributed by atoms with Crippen LogP contribution in [-0.2, 0) is 17.0 Å². The molecule has 0 saturated carbocycles. The smallest absolute Gasteiger partial charge is 0.283 e. The lowest BCUT2D eigenvalue weighted by Crippen LogP contribution is -2.30. The lowest BCUT2D eigenvalue weighted by atomic mass is 10.1. The molecule has 1 amide bonds. The van der Waals surface area contributed by atoms with Gasteiger partial charge in [-0.25, -0.2) is 4.99 Å². The van der Waals surface area contributed by atoms with Gasteiger partial charge in [-0.1, -0.05) is 49.0 Å². The maximum atomic E-state index is 13.4. The minimum absolute atomic E-state index is 0.224. The second kappa shape index (κ2) is 10.6. The highest BCUT2D eigenvalue weighted by Crippen LogP contribution is 2.32. The van der Waals surface area contributed by atoms with Crippen molar-refractivity contribution in [1.82, 2.24) is 10.1 Å². The molecule has 0 aliphatic carbocycles. The molecule has 3 aromatic rings. The van der Waals surface area contributed by atoms with Gasteiger partial charge in [-0.3, -0.25) is 9.69 Å². The van der Waals surface area contributed by atoms with Crippen molar-refractivity contribution in [3.05, 3.63) is 71.5 Å². The van der Waals surface area contributed by atoms with Crippen molar-refractivity contribution in [2.24, 2.45) is 10.9 Å². The zero-order valence-corrected chi connectivity index (χ0v) is 20.3. The van der Waals surface area contributed by atoms with Crippen molar-refractivity contribution in [3.8, 4) is 11.5 Å². The molecule has 0 radical (unpaired) electrons. The van der Waals surface area contributed by atoms with Gasteiger partial charge in [0.2, 0.25) is 5.89 Å². The SMILES string of the molecule is COc1ccc(/C=C2\N=C(SCc3nc(CC(C)C)no3)N(c3cccc(OC)c3)C2=O)cc1. The van der Waals surface area contributed by atoms with Gasteiger partial charge < -0.3 is 14.0 Å². The van der Waals surface area contributed by atoms with Gasteiger partial charge in [-0.05, 0) is 41.8 Å². The highest BCUT2D eigenvalue weighted by atomic mass is 32.2. The number of hydrogen-bond acceptors (Lipinski definition) is 8. The quantitative estimate of drug-likeness (QED) is 0.423. The van der Waals surface area contributed by atoms with E-state index in [1.54, 1.807) is 31.3 Å². The van der Waals surface area contributed by atoms with Crippen LogP contribution in [0.25, 0.3) is 6.08 Å². The summed E-state index contributed by atoms with van der Waals surface area (Å²) < 4.78 is 15.9. The third-order valence-corrected chi connectivity index (χ3v) is 5.91. The lowest BCUT2D eigenvalue weighted by molar-refractivity contribution is -0.113. The first-order valence-electron chi connectivity index (χ1n) is 10.8. The van der Waals surface area contributed by atoms with Gasteiger partial charge in [-0.2, -0.15) is 4.98 Å². The molecule has 0 unspecified atom stereocenters. The zero-order chi connectivity index (χ0) is 24.1. The second-order valence-corrected chi connectivity index (χ2v) is 8.97. The van der Waals surface area contributed by atoms with E-state index in [0.29, 0.717) is 45.7 Å². The first-order valence-corrected chi connectivity index (χ1v) is 11.8. The normalized spacial score (nSPS) is 14.7. The van der Waals surface area contributed by atoms with E-state index in [1.165, 1.54) is 11.8 Å². The fourth-order valence-electron chi connectivity index (χ4n) is 3.35. The number of aliphatic imine (C=N–C) groups is 1. The van der Waals surface area contributed by atoms with Crippen molar-refractivity contribution in [2.45, 2.75) is 26.0 Å². The van der Waals surface area contributed by atoms with E-state index < -0.39 is 0 Å². The van der Waals surface area contributed by atoms with Crippen LogP contribution in [-0.4, -0.2) is 35.4 Å². The average Bonchev–Trinajstić information content (AvgIpc) is 3.41. The Bertz CT molecular complexity index is 1220. The molecule has 0 N–H and O–H groups in total. The fraction of sp³-hybridized carbons (Fsp3) is 0.280. The van der Waals surface area contributed by atoms with Crippen LogP contribution < -0.4 is 14.4 Å². The van der Waals surface area contributed by atoms with Crippen LogP contribution >= 0.6 is 11.8 Å². The van der Waals surface area contributed by atoms with Crippen LogP contribution in [0.2, 0.25) is 0 Å². The number of ether oxygens (including phenoxy) is 2. The van der Waals surface area contributed by atoms with Crippen molar-refractivity contribution < 1.29 is 18.8 Å². The molecule has 1 aliphatic rings. The molecule has 8 nitrogen and oxygen atoms in total. The van der Waals surface area contributed by atoms with E-state index in [-0.39, 0.29) is 5.91 Å². The minimum atomic E-state index is -0.224. The number of carbonyl (C=O) groups excluding carboxylic acids is 1. The number of nitrogens with zero attached hydrogens (tertiary/aromatic N) is 4. The Morgan fingerprint density at radius 3 is 2.56 bits per heavy atom. The van der Waals surface area contributed by atoms with E-state index >= 15 is 0 Å². The van der Waals surface area contributed by atoms with Crippen LogP contribution in [0.15, 0.2) is 63.7 Å². The van der Waals surface area contributed by atoms with E-state index in [4.69, 9.17) is 14.0 Å². The van der Waals surface area contributed by atoms with Gasteiger partial charge in [-0.15, -0.1) is 0 Å². The molecule has 4 rings (SSSR count). The minimum Gasteiger partial charge on any atom is -0.497 e. The number of carbonyl (C=O) groups is 1. The molecule has 1 aliphatic heterocycles. The number of thioether (sulfide) groups is 1. The summed E-state index contributed by atoms with van der Waals surface area (Å²) in [6, 6.07) is 14.8. The van der Waals surface area contributed by atoms with Crippen LogP contribution in [0.1, 0.15) is 31.1 Å². The third-order valence-electron chi connectivity index (χ3n) is 4.99. The summed E-state index contributed by atoms with van der Waals surface area (Å²) in [4.78, 5) is 24.1. The summed E-state index contributed by atoms with van der Waals surface area (Å²) in [5.74, 6) is 3.18. The molecule has 0 fully saturated rings. The largest absolute Gasteiger partial charge is 0.497 e. The molecule has 0 spiro atoms. The molecule has 0 saturated heterocycles. The predicted octanol–water partition coefficient (Wildman–Crippen LogP) is 4.96. The van der Waals surface area contributed by atoms with Crippen molar-refractivity contribution in [1.29, 1.82) is 0 Å². The second-order valence-electron chi connectivity index (χ2n) is 8.03. The third kappa shape index (κ3) is 5.48. The summed E-state index contributed by atoms with van der Waals surface area (Å²) in [7, 11) is 3.21. The van der Waals surface area contributed by atoms with E-state index in [0.717, 1.165) is 17.7 Å². The van der Waals surface area contributed by atoms with Crippen LogP contribution in [0.5, 0.6) is 11.5 Å². The van der Waals surface area contributed by atoms with Crippen molar-refractivity contribution in [3.63, 3.8) is 0 Å². The Morgan fingerprint density at radius 2 is 1.85 bits per heavy atom. The number of rotatable bonds is 8. The molecular weight excluding hydrogens is 452 g/mol. The Balaban J connectivity index is 1.61. The number of anilines is 1. The molecular formula is C25H26N4O4S. The fourth-order valence-corrected chi connectivity index (χ4v) is 4.20. The molecule has 0 atom stereocenters. The summed E-state index contributed by atoms with van der Waals surface area (Å²) in [6.45, 7) is 4.21. The zero-order valence-electron chi connectivity index (χ0n) is 19.5. The molecule has 9 heteroatoms. The maximum Gasteiger partial charge on any atom is 0.283 e. The first kappa shape index (κ1) is 23.6. The summed E-state index contributed by atoms with van der Waals surface area (Å²) in [5.41, 5.74) is 1.85. The Kier molecular flexibility index (Phi) is 7.32. The van der Waals surface area contributed by atoms with Gasteiger partial charge in [0.15, 0.2) is 11.0 Å². The number of amides is 1. The van der Waals surface area contributed by atoms with Crippen LogP contribution in [0.4, 0.5) is 5.69 Å².